The number of hydrogen-bond donors (Lipinski definition) is 1. The molecule has 1 N–H and O–H groups in total. The Balaban J connectivity index is 2.05. The average molecular weight is 382 g/mol. The second kappa shape index (κ2) is 7.90. The van der Waals surface area contributed by atoms with E-state index in [-0.39, 0.29) is 6.54 Å². The molecule has 0 aliphatic heterocycles. The van der Waals surface area contributed by atoms with Gasteiger partial charge in [-0.2, -0.15) is 0 Å². The van der Waals surface area contributed by atoms with Crippen LogP contribution in [0.2, 0.25) is 0 Å². The van der Waals surface area contributed by atoms with Crippen molar-refractivity contribution >= 4 is 26.0 Å². The highest BCUT2D eigenvalue weighted by Crippen LogP contribution is 2.17. The molecule has 0 saturated carbocycles. The number of hydrogen-bond acceptors (Lipinski definition) is 2. The van der Waals surface area contributed by atoms with Crippen LogP contribution in [0.3, 0.4) is 0 Å². The van der Waals surface area contributed by atoms with Crippen LogP contribution in [-0.2, 0) is 23.0 Å². The lowest BCUT2D eigenvalue weighted by Crippen LogP contribution is -2.23. The van der Waals surface area contributed by atoms with Gasteiger partial charge in [0.05, 0.1) is 4.90 Å². The molecule has 118 valence electrons. The molecule has 0 aromatic heterocycles. The van der Waals surface area contributed by atoms with Crippen LogP contribution in [-0.4, -0.2) is 8.42 Å². The second-order valence-corrected chi connectivity index (χ2v) is 7.78. The highest BCUT2D eigenvalue weighted by Gasteiger charge is 2.14. The summed E-state index contributed by atoms with van der Waals surface area (Å²) in [6.45, 7) is 2.41. The highest BCUT2D eigenvalue weighted by molar-refractivity contribution is 9.10. The van der Waals surface area contributed by atoms with E-state index in [9.17, 15) is 8.42 Å². The summed E-state index contributed by atoms with van der Waals surface area (Å²) in [5.74, 6) is 0. The van der Waals surface area contributed by atoms with Crippen molar-refractivity contribution in [1.82, 2.24) is 4.72 Å². The Morgan fingerprint density at radius 1 is 1.05 bits per heavy atom. The molecule has 5 heteroatoms. The molecule has 0 aliphatic rings. The summed E-state index contributed by atoms with van der Waals surface area (Å²) in [5, 5.41) is 0. The van der Waals surface area contributed by atoms with E-state index in [0.29, 0.717) is 4.90 Å². The van der Waals surface area contributed by atoms with Crippen LogP contribution >= 0.6 is 15.9 Å². The molecule has 0 unspecified atom stereocenters. The van der Waals surface area contributed by atoms with Gasteiger partial charge in [0.15, 0.2) is 0 Å². The molecule has 0 bridgehead atoms. The van der Waals surface area contributed by atoms with Crippen molar-refractivity contribution in [2.45, 2.75) is 37.6 Å². The lowest BCUT2D eigenvalue weighted by molar-refractivity contribution is 0.581. The number of rotatable bonds is 7. The maximum Gasteiger partial charge on any atom is 0.240 e. The Morgan fingerprint density at radius 2 is 1.73 bits per heavy atom. The van der Waals surface area contributed by atoms with Crippen molar-refractivity contribution in [2.24, 2.45) is 0 Å². The van der Waals surface area contributed by atoms with Crippen molar-refractivity contribution in [3.8, 4) is 0 Å². The molecule has 0 spiro atoms. The van der Waals surface area contributed by atoms with Crippen molar-refractivity contribution in [3.05, 3.63) is 64.1 Å². The molecular formula is C17H20BrNO2S. The summed E-state index contributed by atoms with van der Waals surface area (Å²) in [4.78, 5) is 0.305. The molecule has 0 amide bonds. The summed E-state index contributed by atoms with van der Waals surface area (Å²) in [6.07, 6.45) is 3.24. The van der Waals surface area contributed by atoms with Crippen LogP contribution in [0.1, 0.15) is 30.9 Å². The van der Waals surface area contributed by atoms with Crippen LogP contribution in [0.4, 0.5) is 0 Å². The minimum Gasteiger partial charge on any atom is -0.207 e. The monoisotopic (exact) mass is 381 g/mol. The van der Waals surface area contributed by atoms with Gasteiger partial charge in [-0.3, -0.25) is 0 Å². The molecule has 0 saturated heterocycles. The predicted octanol–water partition coefficient (Wildman–Crippen LogP) is 4.27. The van der Waals surface area contributed by atoms with E-state index in [4.69, 9.17) is 0 Å². The Morgan fingerprint density at radius 3 is 2.36 bits per heavy atom. The highest BCUT2D eigenvalue weighted by atomic mass is 79.9. The van der Waals surface area contributed by atoms with Crippen LogP contribution in [0.15, 0.2) is 57.9 Å². The molecule has 2 aromatic rings. The van der Waals surface area contributed by atoms with Gasteiger partial charge in [-0.25, -0.2) is 13.1 Å². The summed E-state index contributed by atoms with van der Waals surface area (Å²) in [7, 11) is -3.48. The minimum atomic E-state index is -3.48. The van der Waals surface area contributed by atoms with Gasteiger partial charge >= 0.3 is 0 Å². The molecule has 22 heavy (non-hydrogen) atoms. The van der Waals surface area contributed by atoms with E-state index >= 15 is 0 Å². The first-order valence-corrected chi connectivity index (χ1v) is 9.62. The zero-order chi connectivity index (χ0) is 16.0. The fourth-order valence-electron chi connectivity index (χ4n) is 2.11. The van der Waals surface area contributed by atoms with Crippen LogP contribution < -0.4 is 4.72 Å². The van der Waals surface area contributed by atoms with Gasteiger partial charge in [-0.05, 0) is 42.2 Å². The molecule has 0 fully saturated rings. The predicted molar refractivity (Wildman–Crippen MR) is 93.2 cm³/mol. The topological polar surface area (TPSA) is 46.2 Å². The maximum atomic E-state index is 12.3. The van der Waals surface area contributed by atoms with E-state index in [2.05, 4.69) is 27.6 Å². The lowest BCUT2D eigenvalue weighted by Gasteiger charge is -2.09. The summed E-state index contributed by atoms with van der Waals surface area (Å²) >= 11 is 3.42. The first kappa shape index (κ1) is 17.2. The van der Waals surface area contributed by atoms with Crippen LogP contribution in [0.25, 0.3) is 0 Å². The van der Waals surface area contributed by atoms with Gasteiger partial charge in [-0.15, -0.1) is 0 Å². The SMILES string of the molecule is CCCCc1ccc(S(=O)(=O)NCc2ccccc2Br)cc1. The fraction of sp³-hybridized carbons (Fsp3) is 0.294. The largest absolute Gasteiger partial charge is 0.240 e. The molecule has 0 aliphatic carbocycles. The third-order valence-corrected chi connectivity index (χ3v) is 5.65. The summed E-state index contributed by atoms with van der Waals surface area (Å²) < 4.78 is 28.2. The molecule has 2 rings (SSSR count). The van der Waals surface area contributed by atoms with Gasteiger partial charge in [0.25, 0.3) is 0 Å². The standard InChI is InChI=1S/C17H20BrNO2S/c1-2-3-6-14-9-11-16(12-10-14)22(20,21)19-13-15-7-4-5-8-17(15)18/h4-5,7-12,19H,2-3,6,13H2,1H3. The van der Waals surface area contributed by atoms with Gasteiger partial charge in [0, 0.05) is 11.0 Å². The van der Waals surface area contributed by atoms with Crippen molar-refractivity contribution in [3.63, 3.8) is 0 Å². The van der Waals surface area contributed by atoms with Gasteiger partial charge < -0.3 is 0 Å². The zero-order valence-corrected chi connectivity index (χ0v) is 15.0. The van der Waals surface area contributed by atoms with E-state index in [1.807, 2.05) is 36.4 Å². The fourth-order valence-corrected chi connectivity index (χ4v) is 3.55. The number of sulfonamides is 1. The number of nitrogens with one attached hydrogen (secondary N) is 1. The molecule has 3 nitrogen and oxygen atoms in total. The van der Waals surface area contributed by atoms with E-state index < -0.39 is 10.0 Å². The third kappa shape index (κ3) is 4.66. The molecule has 0 atom stereocenters. The minimum absolute atomic E-state index is 0.265. The quantitative estimate of drug-likeness (QED) is 0.777. The molecule has 2 aromatic carbocycles. The molecular weight excluding hydrogens is 362 g/mol. The van der Waals surface area contributed by atoms with Crippen molar-refractivity contribution in [1.29, 1.82) is 0 Å². The number of benzene rings is 2. The normalized spacial score (nSPS) is 11.5. The van der Waals surface area contributed by atoms with Crippen molar-refractivity contribution in [2.75, 3.05) is 0 Å². The molecule has 0 radical (unpaired) electrons. The number of unbranched alkanes of at least 4 members (excludes halogenated alkanes) is 1. The zero-order valence-electron chi connectivity index (χ0n) is 12.5. The van der Waals surface area contributed by atoms with Crippen LogP contribution in [0.5, 0.6) is 0 Å². The van der Waals surface area contributed by atoms with Crippen LogP contribution in [0, 0.1) is 0 Å². The summed E-state index contributed by atoms with van der Waals surface area (Å²) in [6, 6.07) is 14.7. The maximum absolute atomic E-state index is 12.3. The Hall–Kier alpha value is -1.17. The van der Waals surface area contributed by atoms with Gasteiger partial charge in [0.1, 0.15) is 0 Å². The van der Waals surface area contributed by atoms with E-state index in [1.165, 1.54) is 5.56 Å². The van der Waals surface area contributed by atoms with E-state index in [1.54, 1.807) is 12.1 Å². The number of halogens is 1. The average Bonchev–Trinajstić information content (AvgIpc) is 2.52. The van der Waals surface area contributed by atoms with Gasteiger partial charge in [-0.1, -0.05) is 59.6 Å². The Kier molecular flexibility index (Phi) is 6.17. The molecule has 0 heterocycles. The third-order valence-electron chi connectivity index (χ3n) is 3.46. The Labute approximate surface area is 140 Å². The Bertz CT molecular complexity index is 712. The lowest BCUT2D eigenvalue weighted by atomic mass is 10.1. The summed E-state index contributed by atoms with van der Waals surface area (Å²) in [5.41, 5.74) is 2.08. The van der Waals surface area contributed by atoms with Crippen molar-refractivity contribution < 1.29 is 8.42 Å². The first-order chi connectivity index (χ1) is 10.5. The smallest absolute Gasteiger partial charge is 0.207 e. The second-order valence-electron chi connectivity index (χ2n) is 5.16. The number of aryl methyl sites for hydroxylation is 1. The first-order valence-electron chi connectivity index (χ1n) is 7.35. The van der Waals surface area contributed by atoms with Gasteiger partial charge in [0.2, 0.25) is 10.0 Å². The van der Waals surface area contributed by atoms with E-state index in [0.717, 1.165) is 29.3 Å².